The molecular weight excluding hydrogens is 485 g/mol. The van der Waals surface area contributed by atoms with Gasteiger partial charge in [0, 0.05) is 11.7 Å². The first kappa shape index (κ1) is 26.1. The summed E-state index contributed by atoms with van der Waals surface area (Å²) >= 11 is 5.62. The first-order chi connectivity index (χ1) is 16.9. The molecule has 4 rings (SSSR count). The number of hydrogen-bond acceptors (Lipinski definition) is 4. The second-order valence-electron chi connectivity index (χ2n) is 10.2. The van der Waals surface area contributed by atoms with Crippen molar-refractivity contribution in [2.24, 2.45) is 0 Å². The lowest BCUT2D eigenvalue weighted by molar-refractivity contribution is -0.137. The second kappa shape index (κ2) is 9.49. The van der Waals surface area contributed by atoms with Gasteiger partial charge in [0.05, 0.1) is 22.9 Å². The Bertz CT molecular complexity index is 1210. The zero-order chi connectivity index (χ0) is 26.4. The lowest BCUT2D eigenvalue weighted by Crippen LogP contribution is -2.44. The van der Waals surface area contributed by atoms with E-state index in [0.717, 1.165) is 43.0 Å². The lowest BCUT2D eigenvalue weighted by atomic mass is 9.89. The maximum Gasteiger partial charge on any atom is 0.417 e. The lowest BCUT2D eigenvalue weighted by Gasteiger charge is -2.35. The maximum absolute atomic E-state index is 13.5. The molecule has 5 nitrogen and oxygen atoms in total. The van der Waals surface area contributed by atoms with Crippen LogP contribution in [0, 0.1) is 11.3 Å². The largest absolute Gasteiger partial charge is 0.417 e. The first-order valence-corrected chi connectivity index (χ1v) is 12.4. The topological polar surface area (TPSA) is 50.6 Å². The van der Waals surface area contributed by atoms with Gasteiger partial charge in [-0.05, 0) is 108 Å². The summed E-state index contributed by atoms with van der Waals surface area (Å²) in [4.78, 5) is 18.7. The third-order valence-corrected chi connectivity index (χ3v) is 7.60. The van der Waals surface area contributed by atoms with Crippen molar-refractivity contribution in [3.05, 3.63) is 59.2 Å². The van der Waals surface area contributed by atoms with Gasteiger partial charge >= 0.3 is 6.18 Å². The summed E-state index contributed by atoms with van der Waals surface area (Å²) in [5.41, 5.74) is -0.783. The standard InChI is InChI=1S/C27H29F3N4OS/c1-17(2)32-13-11-19(12-14-32)18-5-8-21(9-6-18)34-25(36)33(24(35)26(34,3)4)22-10-7-20(16-31)23(15-22)27(28,29)30/h5-10,15,17,19H,11-14H2,1-4H3. The highest BCUT2D eigenvalue weighted by molar-refractivity contribution is 7.81. The monoisotopic (exact) mass is 514 g/mol. The molecule has 0 N–H and O–H groups in total. The SMILES string of the molecule is CC(C)N1CCC(c2ccc(N3C(=S)N(c4ccc(C#N)c(C(F)(F)F)c4)C(=O)C3(C)C)cc2)CC1. The molecule has 190 valence electrons. The molecule has 36 heavy (non-hydrogen) atoms. The van der Waals surface area contributed by atoms with Crippen molar-refractivity contribution >= 4 is 34.6 Å². The molecule has 9 heteroatoms. The Morgan fingerprint density at radius 1 is 1.06 bits per heavy atom. The Kier molecular flexibility index (Phi) is 6.88. The van der Waals surface area contributed by atoms with Crippen LogP contribution in [0.25, 0.3) is 0 Å². The van der Waals surface area contributed by atoms with Crippen molar-refractivity contribution in [3.63, 3.8) is 0 Å². The predicted octanol–water partition coefficient (Wildman–Crippen LogP) is 6.08. The quantitative estimate of drug-likeness (QED) is 0.463. The summed E-state index contributed by atoms with van der Waals surface area (Å²) < 4.78 is 40.6. The highest BCUT2D eigenvalue weighted by atomic mass is 32.1. The van der Waals surface area contributed by atoms with Gasteiger partial charge in [-0.15, -0.1) is 0 Å². The molecule has 2 saturated heterocycles. The van der Waals surface area contributed by atoms with E-state index in [1.807, 2.05) is 12.1 Å². The van der Waals surface area contributed by atoms with Crippen LogP contribution >= 0.6 is 12.2 Å². The number of piperidine rings is 1. The number of anilines is 2. The fourth-order valence-electron chi connectivity index (χ4n) is 5.10. The van der Waals surface area contributed by atoms with E-state index in [0.29, 0.717) is 17.6 Å². The molecule has 0 aliphatic carbocycles. The third kappa shape index (κ3) is 4.60. The fourth-order valence-corrected chi connectivity index (χ4v) is 5.63. The molecule has 0 atom stereocenters. The minimum atomic E-state index is -4.73. The Morgan fingerprint density at radius 3 is 2.17 bits per heavy atom. The normalized spacial score (nSPS) is 19.3. The second-order valence-corrected chi connectivity index (χ2v) is 10.5. The molecule has 0 radical (unpaired) electrons. The van der Waals surface area contributed by atoms with E-state index in [2.05, 4.69) is 30.9 Å². The molecule has 0 aromatic heterocycles. The van der Waals surface area contributed by atoms with Crippen molar-refractivity contribution < 1.29 is 18.0 Å². The van der Waals surface area contributed by atoms with E-state index in [1.165, 1.54) is 11.6 Å². The average Bonchev–Trinajstić information content (AvgIpc) is 3.01. The van der Waals surface area contributed by atoms with Crippen LogP contribution in [0.3, 0.4) is 0 Å². The van der Waals surface area contributed by atoms with Crippen LogP contribution in [0.1, 0.15) is 63.1 Å². The molecule has 0 spiro atoms. The van der Waals surface area contributed by atoms with Crippen molar-refractivity contribution in [1.82, 2.24) is 4.90 Å². The minimum Gasteiger partial charge on any atom is -0.304 e. The zero-order valence-electron chi connectivity index (χ0n) is 20.8. The molecule has 2 aliphatic rings. The van der Waals surface area contributed by atoms with E-state index in [-0.39, 0.29) is 10.8 Å². The Hall–Kier alpha value is -2.96. The zero-order valence-corrected chi connectivity index (χ0v) is 21.6. The van der Waals surface area contributed by atoms with Crippen LogP contribution in [0.4, 0.5) is 24.5 Å². The van der Waals surface area contributed by atoms with Gasteiger partial charge in [-0.2, -0.15) is 18.4 Å². The van der Waals surface area contributed by atoms with Gasteiger partial charge in [-0.1, -0.05) is 12.1 Å². The summed E-state index contributed by atoms with van der Waals surface area (Å²) in [6.45, 7) is 9.93. The number of carbonyl (C=O) groups is 1. The van der Waals surface area contributed by atoms with Gasteiger partial charge in [0.2, 0.25) is 0 Å². The van der Waals surface area contributed by atoms with Crippen LogP contribution in [-0.4, -0.2) is 40.6 Å². The number of amides is 1. The summed E-state index contributed by atoms with van der Waals surface area (Å²) in [6.07, 6.45) is -2.57. The molecule has 0 saturated carbocycles. The molecule has 0 bridgehead atoms. The maximum atomic E-state index is 13.5. The molecule has 1 amide bonds. The number of nitrogens with zero attached hydrogens (tertiary/aromatic N) is 4. The highest BCUT2D eigenvalue weighted by Gasteiger charge is 2.50. The number of likely N-dealkylation sites (tertiary alicyclic amines) is 1. The van der Waals surface area contributed by atoms with E-state index in [9.17, 15) is 18.0 Å². The number of carbonyl (C=O) groups excluding carboxylic acids is 1. The van der Waals surface area contributed by atoms with Gasteiger partial charge in [-0.3, -0.25) is 9.69 Å². The first-order valence-electron chi connectivity index (χ1n) is 12.0. The Morgan fingerprint density at radius 2 is 1.64 bits per heavy atom. The van der Waals surface area contributed by atoms with Crippen LogP contribution in [0.15, 0.2) is 42.5 Å². The number of nitriles is 1. The van der Waals surface area contributed by atoms with E-state index in [4.69, 9.17) is 17.5 Å². The molecular formula is C27H29F3N4OS. The minimum absolute atomic E-state index is 0.0135. The van der Waals surface area contributed by atoms with Crippen LogP contribution in [0.2, 0.25) is 0 Å². The van der Waals surface area contributed by atoms with E-state index < -0.39 is 28.7 Å². The van der Waals surface area contributed by atoms with Crippen molar-refractivity contribution in [3.8, 4) is 6.07 Å². The fraction of sp³-hybridized carbons (Fsp3) is 0.444. The number of thiocarbonyl (C=S) groups is 1. The number of rotatable bonds is 4. The Labute approximate surface area is 215 Å². The number of alkyl halides is 3. The molecule has 2 aromatic carbocycles. The van der Waals surface area contributed by atoms with Crippen LogP contribution in [-0.2, 0) is 11.0 Å². The molecule has 2 aromatic rings. The van der Waals surface area contributed by atoms with Gasteiger partial charge in [0.1, 0.15) is 5.54 Å². The molecule has 2 aliphatic heterocycles. The van der Waals surface area contributed by atoms with Crippen molar-refractivity contribution in [1.29, 1.82) is 5.26 Å². The highest BCUT2D eigenvalue weighted by Crippen LogP contribution is 2.40. The summed E-state index contributed by atoms with van der Waals surface area (Å²) in [6, 6.07) is 13.3. The number of halogens is 3. The van der Waals surface area contributed by atoms with Crippen molar-refractivity contribution in [2.45, 2.75) is 64.2 Å². The van der Waals surface area contributed by atoms with Crippen LogP contribution < -0.4 is 9.80 Å². The van der Waals surface area contributed by atoms with Gasteiger partial charge in [0.15, 0.2) is 5.11 Å². The smallest absolute Gasteiger partial charge is 0.304 e. The summed E-state index contributed by atoms with van der Waals surface area (Å²) in [5.74, 6) is 0.0284. The van der Waals surface area contributed by atoms with Gasteiger partial charge < -0.3 is 9.80 Å². The molecule has 0 unspecified atom stereocenters. The van der Waals surface area contributed by atoms with E-state index >= 15 is 0 Å². The van der Waals surface area contributed by atoms with Gasteiger partial charge in [0.25, 0.3) is 5.91 Å². The van der Waals surface area contributed by atoms with E-state index in [1.54, 1.807) is 24.8 Å². The number of benzene rings is 2. The predicted molar refractivity (Wildman–Crippen MR) is 138 cm³/mol. The average molecular weight is 515 g/mol. The van der Waals surface area contributed by atoms with Gasteiger partial charge in [-0.25, -0.2) is 0 Å². The summed E-state index contributed by atoms with van der Waals surface area (Å²) in [5, 5.41) is 9.20. The number of hydrogen-bond donors (Lipinski definition) is 0. The summed E-state index contributed by atoms with van der Waals surface area (Å²) in [7, 11) is 0. The third-order valence-electron chi connectivity index (χ3n) is 7.24. The molecule has 2 fully saturated rings. The van der Waals surface area contributed by atoms with Crippen LogP contribution in [0.5, 0.6) is 0 Å². The Balaban J connectivity index is 1.61. The van der Waals surface area contributed by atoms with Crippen molar-refractivity contribution in [2.75, 3.05) is 22.9 Å². The molecule has 2 heterocycles.